The predicted octanol–water partition coefficient (Wildman–Crippen LogP) is 4.71. The third-order valence-electron chi connectivity index (χ3n) is 3.90. The summed E-state index contributed by atoms with van der Waals surface area (Å²) < 4.78 is 112. The first kappa shape index (κ1) is 15.4. The molecule has 0 nitrogen and oxygen atoms in total. The average Bonchev–Trinajstić information content (AvgIpc) is 2.70. The Morgan fingerprint density at radius 1 is 0.833 bits per heavy atom. The van der Waals surface area contributed by atoms with Crippen LogP contribution in [0.1, 0.15) is 20.3 Å². The van der Waals surface area contributed by atoms with E-state index < -0.39 is 41.7 Å². The summed E-state index contributed by atoms with van der Waals surface area (Å²) in [6, 6.07) is 0. The Hall–Kier alpha value is -0.630. The van der Waals surface area contributed by atoms with Gasteiger partial charge in [-0.1, -0.05) is 13.8 Å². The van der Waals surface area contributed by atoms with Crippen LogP contribution in [0.15, 0.2) is 0 Å². The molecule has 0 aromatic heterocycles. The Morgan fingerprint density at radius 2 is 1.17 bits per heavy atom. The van der Waals surface area contributed by atoms with Gasteiger partial charge in [-0.3, -0.25) is 0 Å². The number of rotatable bonds is 1. The summed E-state index contributed by atoms with van der Waals surface area (Å²) in [6.07, 6.45) is -18.2. The lowest BCUT2D eigenvalue weighted by atomic mass is 9.82. The summed E-state index contributed by atoms with van der Waals surface area (Å²) in [6.45, 7) is 0.728. The maximum atomic E-state index is 12.5. The number of halogens is 9. The zero-order chi connectivity index (χ0) is 14.8. The molecule has 0 bridgehead atoms. The van der Waals surface area contributed by atoms with Crippen LogP contribution >= 0.6 is 0 Å². The van der Waals surface area contributed by atoms with Gasteiger partial charge in [0.1, 0.15) is 0 Å². The van der Waals surface area contributed by atoms with E-state index >= 15 is 0 Å². The number of hydrogen-bond donors (Lipinski definition) is 0. The van der Waals surface area contributed by atoms with Crippen molar-refractivity contribution in [3.63, 3.8) is 0 Å². The van der Waals surface area contributed by atoms with Crippen molar-refractivity contribution in [2.75, 3.05) is 0 Å². The smallest absolute Gasteiger partial charge is 0.171 e. The molecule has 1 aliphatic rings. The Morgan fingerprint density at radius 3 is 1.33 bits per heavy atom. The van der Waals surface area contributed by atoms with Gasteiger partial charge >= 0.3 is 18.5 Å². The van der Waals surface area contributed by atoms with E-state index in [1.807, 2.05) is 0 Å². The van der Waals surface area contributed by atoms with Crippen LogP contribution in [-0.4, -0.2) is 18.5 Å². The highest BCUT2D eigenvalue weighted by Crippen LogP contribution is 2.80. The Kier molecular flexibility index (Phi) is 2.98. The minimum Gasteiger partial charge on any atom is -0.171 e. The summed E-state index contributed by atoms with van der Waals surface area (Å²) in [4.78, 5) is 0. The maximum Gasteiger partial charge on any atom is 0.403 e. The molecule has 1 saturated carbocycles. The van der Waals surface area contributed by atoms with E-state index in [0.29, 0.717) is 13.8 Å². The molecule has 0 amide bonds. The van der Waals surface area contributed by atoms with Gasteiger partial charge in [-0.15, -0.1) is 0 Å². The maximum absolute atomic E-state index is 12.5. The minimum atomic E-state index is -5.75. The lowest BCUT2D eigenvalue weighted by molar-refractivity contribution is -0.321. The van der Waals surface area contributed by atoms with Crippen molar-refractivity contribution >= 4 is 0 Å². The van der Waals surface area contributed by atoms with Gasteiger partial charge in [0.25, 0.3) is 0 Å². The largest absolute Gasteiger partial charge is 0.403 e. The summed E-state index contributed by atoms with van der Waals surface area (Å²) in [7, 11) is 0. The molecule has 18 heavy (non-hydrogen) atoms. The van der Waals surface area contributed by atoms with Crippen molar-refractivity contribution in [3.05, 3.63) is 0 Å². The van der Waals surface area contributed by atoms with Gasteiger partial charge in [-0.25, -0.2) is 0 Å². The normalized spacial score (nSPS) is 30.2. The Balaban J connectivity index is 3.25. The van der Waals surface area contributed by atoms with Crippen LogP contribution < -0.4 is 0 Å². The second kappa shape index (κ2) is 3.47. The molecule has 0 aromatic rings. The fourth-order valence-corrected chi connectivity index (χ4v) is 2.40. The van der Waals surface area contributed by atoms with Crippen molar-refractivity contribution in [3.8, 4) is 0 Å². The first-order valence-electron chi connectivity index (χ1n) is 4.81. The van der Waals surface area contributed by atoms with Gasteiger partial charge in [-0.2, -0.15) is 39.5 Å². The average molecular weight is 288 g/mol. The van der Waals surface area contributed by atoms with Gasteiger partial charge in [-0.05, 0) is 6.42 Å². The summed E-state index contributed by atoms with van der Waals surface area (Å²) in [5, 5.41) is 0. The van der Waals surface area contributed by atoms with Crippen molar-refractivity contribution in [1.29, 1.82) is 0 Å². The summed E-state index contributed by atoms with van der Waals surface area (Å²) in [5.41, 5.74) is -7.16. The summed E-state index contributed by atoms with van der Waals surface area (Å²) in [5.74, 6) is -2.69. The van der Waals surface area contributed by atoms with E-state index in [1.165, 1.54) is 0 Å². The highest BCUT2D eigenvalue weighted by Gasteiger charge is 2.91. The first-order chi connectivity index (χ1) is 7.61. The zero-order valence-corrected chi connectivity index (χ0v) is 9.19. The molecule has 2 atom stereocenters. The molecule has 0 aliphatic heterocycles. The fraction of sp³-hybridized carbons (Fsp3) is 1.00. The molecule has 2 unspecified atom stereocenters. The molecule has 0 saturated heterocycles. The topological polar surface area (TPSA) is 0 Å². The zero-order valence-electron chi connectivity index (χ0n) is 9.19. The van der Waals surface area contributed by atoms with E-state index in [2.05, 4.69) is 0 Å². The van der Waals surface area contributed by atoms with Gasteiger partial charge in [0.2, 0.25) is 0 Å². The Labute approximate surface area is 96.1 Å². The lowest BCUT2D eigenvalue weighted by Gasteiger charge is -2.32. The van der Waals surface area contributed by atoms with Crippen molar-refractivity contribution in [2.24, 2.45) is 16.7 Å². The highest BCUT2D eigenvalue weighted by molar-refractivity contribution is 5.21. The van der Waals surface area contributed by atoms with Crippen LogP contribution in [-0.2, 0) is 0 Å². The van der Waals surface area contributed by atoms with Gasteiger partial charge < -0.3 is 0 Å². The predicted molar refractivity (Wildman–Crippen MR) is 42.5 cm³/mol. The van der Waals surface area contributed by atoms with Crippen molar-refractivity contribution < 1.29 is 39.5 Å². The number of hydrogen-bond acceptors (Lipinski definition) is 0. The van der Waals surface area contributed by atoms with Crippen LogP contribution in [0.5, 0.6) is 0 Å². The molecule has 1 fully saturated rings. The van der Waals surface area contributed by atoms with Crippen molar-refractivity contribution in [1.82, 2.24) is 0 Å². The SMILES string of the molecule is CC(C(F)(F)F)C1(C)CC1(C(F)(F)F)C(F)(F)F. The monoisotopic (exact) mass is 288 g/mol. The number of alkyl halides is 9. The lowest BCUT2D eigenvalue weighted by Crippen LogP contribution is -2.46. The van der Waals surface area contributed by atoms with E-state index in [1.54, 1.807) is 0 Å². The van der Waals surface area contributed by atoms with Crippen LogP contribution in [0.3, 0.4) is 0 Å². The molecule has 9 heteroatoms. The molecule has 1 rings (SSSR count). The Bertz CT molecular complexity index is 319. The molecule has 0 radical (unpaired) electrons. The molecule has 0 N–H and O–H groups in total. The van der Waals surface area contributed by atoms with Gasteiger partial charge in [0.15, 0.2) is 5.41 Å². The van der Waals surface area contributed by atoms with E-state index in [0.717, 1.165) is 0 Å². The second-order valence-electron chi connectivity index (χ2n) is 4.76. The summed E-state index contributed by atoms with van der Waals surface area (Å²) >= 11 is 0. The molecule has 108 valence electrons. The highest BCUT2D eigenvalue weighted by atomic mass is 19.4. The fourth-order valence-electron chi connectivity index (χ4n) is 2.40. The van der Waals surface area contributed by atoms with Gasteiger partial charge in [0, 0.05) is 5.41 Å². The third kappa shape index (κ3) is 1.77. The van der Waals surface area contributed by atoms with E-state index in [-0.39, 0.29) is 0 Å². The van der Waals surface area contributed by atoms with E-state index in [9.17, 15) is 39.5 Å². The quantitative estimate of drug-likeness (QED) is 0.613. The van der Waals surface area contributed by atoms with Gasteiger partial charge in [0.05, 0.1) is 5.92 Å². The minimum absolute atomic E-state index is 0.346. The second-order valence-corrected chi connectivity index (χ2v) is 4.76. The molecule has 0 aromatic carbocycles. The standard InChI is InChI=1S/C9H9F9/c1-4(7(10,11)12)5(2)3-6(5,8(13,14)15)9(16,17)18/h4H,3H2,1-2H3. The van der Waals surface area contributed by atoms with Crippen LogP contribution in [0.4, 0.5) is 39.5 Å². The third-order valence-corrected chi connectivity index (χ3v) is 3.90. The van der Waals surface area contributed by atoms with Crippen LogP contribution in [0, 0.1) is 16.7 Å². The molecule has 0 spiro atoms. The molecular weight excluding hydrogens is 279 g/mol. The van der Waals surface area contributed by atoms with Crippen molar-refractivity contribution in [2.45, 2.75) is 38.8 Å². The molecule has 0 heterocycles. The van der Waals surface area contributed by atoms with E-state index in [4.69, 9.17) is 0 Å². The van der Waals surface area contributed by atoms with Crippen LogP contribution in [0.2, 0.25) is 0 Å². The molecule has 1 aliphatic carbocycles. The first-order valence-corrected chi connectivity index (χ1v) is 4.81. The van der Waals surface area contributed by atoms with Crippen LogP contribution in [0.25, 0.3) is 0 Å². The molecular formula is C9H9F9.